The Morgan fingerprint density at radius 3 is 1.82 bits per heavy atom. The van der Waals surface area contributed by atoms with E-state index in [1.807, 2.05) is 18.2 Å². The van der Waals surface area contributed by atoms with Gasteiger partial charge in [-0.25, -0.2) is 0 Å². The molecule has 13 nitrogen and oxygen atoms in total. The largest absolute Gasteiger partial charge is 0.508 e. The third kappa shape index (κ3) is 10.2. The van der Waals surface area contributed by atoms with Crippen LogP contribution >= 0.6 is 0 Å². The lowest BCUT2D eigenvalue weighted by Gasteiger charge is -2.13. The van der Waals surface area contributed by atoms with E-state index in [2.05, 4.69) is 36.2 Å². The van der Waals surface area contributed by atoms with Gasteiger partial charge in [0.1, 0.15) is 5.75 Å². The molecular weight excluding hydrogens is 564 g/mol. The van der Waals surface area contributed by atoms with Crippen molar-refractivity contribution >= 4 is 41.0 Å². The van der Waals surface area contributed by atoms with Crippen molar-refractivity contribution in [3.63, 3.8) is 0 Å². The molecule has 0 unspecified atom stereocenters. The Bertz CT molecular complexity index is 1490. The van der Waals surface area contributed by atoms with Crippen LogP contribution < -0.4 is 21.3 Å². The molecule has 1 aromatic heterocycles. The standard InChI is InChI=1S/C31H36N8O5/c1-39(2)28(42)23-8-10-24(11-9-23)34-30-36-29(37-31(38-30)35-25-12-14-26(40)15-13-25)33-17-19-44-21-20-43-18-16-32-27(41)22-6-4-3-5-7-22/h3-15,40H,16-21H2,1-2H3,(H,32,41)(H3,33,34,35,36,37,38). The van der Waals surface area contributed by atoms with E-state index in [9.17, 15) is 14.7 Å². The summed E-state index contributed by atoms with van der Waals surface area (Å²) in [7, 11) is 3.40. The zero-order valence-corrected chi connectivity index (χ0v) is 24.6. The van der Waals surface area contributed by atoms with Crippen LogP contribution in [-0.2, 0) is 9.47 Å². The number of benzene rings is 3. The van der Waals surface area contributed by atoms with Gasteiger partial charge in [0.15, 0.2) is 0 Å². The number of ether oxygens (including phenoxy) is 2. The minimum atomic E-state index is -0.135. The summed E-state index contributed by atoms with van der Waals surface area (Å²) in [4.78, 5) is 39.1. The molecule has 0 atom stereocenters. The van der Waals surface area contributed by atoms with Crippen LogP contribution in [0.5, 0.6) is 5.75 Å². The van der Waals surface area contributed by atoms with Gasteiger partial charge in [0.25, 0.3) is 11.8 Å². The van der Waals surface area contributed by atoms with Crippen LogP contribution in [0.25, 0.3) is 0 Å². The zero-order chi connectivity index (χ0) is 31.1. The fourth-order valence-corrected chi connectivity index (χ4v) is 3.81. The van der Waals surface area contributed by atoms with Gasteiger partial charge in [-0.15, -0.1) is 0 Å². The number of anilines is 5. The van der Waals surface area contributed by atoms with E-state index in [4.69, 9.17) is 9.47 Å². The molecule has 0 aliphatic heterocycles. The molecule has 0 spiro atoms. The van der Waals surface area contributed by atoms with Gasteiger partial charge < -0.3 is 40.7 Å². The van der Waals surface area contributed by atoms with Gasteiger partial charge in [0.2, 0.25) is 17.8 Å². The molecule has 0 aliphatic rings. The molecule has 4 rings (SSSR count). The number of nitrogens with one attached hydrogen (secondary N) is 4. The van der Waals surface area contributed by atoms with Crippen molar-refractivity contribution in [1.29, 1.82) is 0 Å². The molecule has 230 valence electrons. The number of carbonyl (C=O) groups excluding carboxylic acids is 2. The molecule has 5 N–H and O–H groups in total. The average Bonchev–Trinajstić information content (AvgIpc) is 3.03. The maximum atomic E-state index is 12.2. The first kappa shape index (κ1) is 31.7. The van der Waals surface area contributed by atoms with Gasteiger partial charge in [-0.05, 0) is 60.7 Å². The van der Waals surface area contributed by atoms with E-state index in [0.717, 1.165) is 0 Å². The summed E-state index contributed by atoms with van der Waals surface area (Å²) in [6.07, 6.45) is 0. The second-order valence-corrected chi connectivity index (χ2v) is 9.65. The lowest BCUT2D eigenvalue weighted by atomic mass is 10.2. The number of aromatic nitrogens is 3. The molecule has 0 radical (unpaired) electrons. The van der Waals surface area contributed by atoms with Crippen LogP contribution in [0, 0.1) is 0 Å². The highest BCUT2D eigenvalue weighted by Gasteiger charge is 2.10. The van der Waals surface area contributed by atoms with Crippen LogP contribution in [-0.4, -0.2) is 90.4 Å². The molecule has 13 heteroatoms. The van der Waals surface area contributed by atoms with Crippen LogP contribution in [0.3, 0.4) is 0 Å². The SMILES string of the molecule is CN(C)C(=O)c1ccc(Nc2nc(NCCOCCOCCNC(=O)c3ccccc3)nc(Nc3ccc(O)cc3)n2)cc1. The Hall–Kier alpha value is -5.27. The highest BCUT2D eigenvalue weighted by molar-refractivity contribution is 5.94. The number of aromatic hydroxyl groups is 1. The first-order chi connectivity index (χ1) is 21.4. The van der Waals surface area contributed by atoms with E-state index in [-0.39, 0.29) is 29.5 Å². The van der Waals surface area contributed by atoms with Crippen LogP contribution in [0.1, 0.15) is 20.7 Å². The smallest absolute Gasteiger partial charge is 0.253 e. The number of hydrogen-bond donors (Lipinski definition) is 5. The number of amides is 2. The summed E-state index contributed by atoms with van der Waals surface area (Å²) in [5.41, 5.74) is 2.55. The normalized spacial score (nSPS) is 10.6. The summed E-state index contributed by atoms with van der Waals surface area (Å²) in [5.74, 6) is 0.797. The Morgan fingerprint density at radius 1 is 0.682 bits per heavy atom. The molecule has 0 saturated carbocycles. The quantitative estimate of drug-likeness (QED) is 0.0943. The predicted octanol–water partition coefficient (Wildman–Crippen LogP) is 3.64. The predicted molar refractivity (Wildman–Crippen MR) is 168 cm³/mol. The second kappa shape index (κ2) is 16.4. The zero-order valence-electron chi connectivity index (χ0n) is 24.6. The highest BCUT2D eigenvalue weighted by atomic mass is 16.5. The van der Waals surface area contributed by atoms with Crippen molar-refractivity contribution < 1.29 is 24.2 Å². The fraction of sp³-hybridized carbons (Fsp3) is 0.258. The van der Waals surface area contributed by atoms with E-state index in [1.54, 1.807) is 74.8 Å². The van der Waals surface area contributed by atoms with Crippen molar-refractivity contribution in [2.24, 2.45) is 0 Å². The Morgan fingerprint density at radius 2 is 1.23 bits per heavy atom. The van der Waals surface area contributed by atoms with Crippen LogP contribution in [0.2, 0.25) is 0 Å². The van der Waals surface area contributed by atoms with Gasteiger partial charge in [-0.2, -0.15) is 15.0 Å². The number of hydrogen-bond acceptors (Lipinski definition) is 11. The topological polar surface area (TPSA) is 163 Å². The first-order valence-electron chi connectivity index (χ1n) is 14.0. The first-order valence-corrected chi connectivity index (χ1v) is 14.0. The minimum absolute atomic E-state index is 0.0929. The molecule has 2 amide bonds. The molecule has 0 fully saturated rings. The Kier molecular flexibility index (Phi) is 11.8. The Labute approximate surface area is 255 Å². The van der Waals surface area contributed by atoms with E-state index in [1.165, 1.54) is 4.90 Å². The molecular formula is C31H36N8O5. The van der Waals surface area contributed by atoms with Crippen molar-refractivity contribution in [3.05, 3.63) is 90.0 Å². The highest BCUT2D eigenvalue weighted by Crippen LogP contribution is 2.21. The summed E-state index contributed by atoms with van der Waals surface area (Å²) in [6.45, 7) is 2.37. The van der Waals surface area contributed by atoms with Gasteiger partial charge >= 0.3 is 0 Å². The number of nitrogens with zero attached hydrogens (tertiary/aromatic N) is 4. The maximum absolute atomic E-state index is 12.2. The molecule has 44 heavy (non-hydrogen) atoms. The van der Waals surface area contributed by atoms with Gasteiger partial charge in [-0.3, -0.25) is 9.59 Å². The molecule has 3 aromatic carbocycles. The second-order valence-electron chi connectivity index (χ2n) is 9.65. The molecule has 0 aliphatic carbocycles. The van der Waals surface area contributed by atoms with E-state index < -0.39 is 0 Å². The van der Waals surface area contributed by atoms with Crippen LogP contribution in [0.4, 0.5) is 29.2 Å². The summed E-state index contributed by atoms with van der Waals surface area (Å²) >= 11 is 0. The number of phenolic OH excluding ortho intramolecular Hbond substituents is 1. The van der Waals surface area contributed by atoms with Crippen molar-refractivity contribution in [1.82, 2.24) is 25.2 Å². The lowest BCUT2D eigenvalue weighted by molar-refractivity contribution is 0.0519. The summed E-state index contributed by atoms with van der Waals surface area (Å²) < 4.78 is 11.2. The lowest BCUT2D eigenvalue weighted by Crippen LogP contribution is -2.27. The van der Waals surface area contributed by atoms with E-state index >= 15 is 0 Å². The fourth-order valence-electron chi connectivity index (χ4n) is 3.81. The maximum Gasteiger partial charge on any atom is 0.253 e. The summed E-state index contributed by atoms with van der Waals surface area (Å²) in [6, 6.07) is 22.5. The van der Waals surface area contributed by atoms with Gasteiger partial charge in [-0.1, -0.05) is 18.2 Å². The summed E-state index contributed by atoms with van der Waals surface area (Å²) in [5, 5.41) is 21.8. The van der Waals surface area contributed by atoms with Crippen molar-refractivity contribution in [2.45, 2.75) is 0 Å². The van der Waals surface area contributed by atoms with Crippen LogP contribution in [0.15, 0.2) is 78.9 Å². The molecule has 0 bridgehead atoms. The van der Waals surface area contributed by atoms with E-state index in [0.29, 0.717) is 68.0 Å². The molecule has 0 saturated heterocycles. The average molecular weight is 601 g/mol. The van der Waals surface area contributed by atoms with Crippen molar-refractivity contribution in [2.75, 3.05) is 69.6 Å². The third-order valence-corrected chi connectivity index (χ3v) is 6.02. The third-order valence-electron chi connectivity index (χ3n) is 6.02. The molecule has 4 aromatic rings. The number of rotatable bonds is 16. The van der Waals surface area contributed by atoms with Gasteiger partial charge in [0, 0.05) is 49.7 Å². The molecule has 1 heterocycles. The monoisotopic (exact) mass is 600 g/mol. The minimum Gasteiger partial charge on any atom is -0.508 e. The number of phenols is 1. The van der Waals surface area contributed by atoms with Gasteiger partial charge in [0.05, 0.1) is 26.4 Å². The van der Waals surface area contributed by atoms with Crippen molar-refractivity contribution in [3.8, 4) is 5.75 Å². The Balaban J connectivity index is 1.24. The number of carbonyl (C=O) groups is 2.